The molecule has 3 rings (SSSR count). The monoisotopic (exact) mass is 304 g/mol. The maximum Gasteiger partial charge on any atom is 0.223 e. The number of aryl methyl sites for hydroxylation is 1. The molecule has 0 saturated carbocycles. The van der Waals surface area contributed by atoms with Gasteiger partial charge in [0.05, 0.1) is 0 Å². The number of halogens is 1. The van der Waals surface area contributed by atoms with Crippen molar-refractivity contribution in [3.8, 4) is 0 Å². The average Bonchev–Trinajstić information content (AvgIpc) is 3.14. The van der Waals surface area contributed by atoms with Gasteiger partial charge in [0.15, 0.2) is 0 Å². The van der Waals surface area contributed by atoms with Crippen molar-refractivity contribution in [3.63, 3.8) is 0 Å². The number of carbonyl (C=O) groups excluding carboxylic acids is 1. The van der Waals surface area contributed by atoms with Gasteiger partial charge in [-0.05, 0) is 63.4 Å². The number of benzene rings is 1. The quantitative estimate of drug-likeness (QED) is 0.854. The van der Waals surface area contributed by atoms with Crippen LogP contribution in [0.2, 0.25) is 0 Å². The lowest BCUT2D eigenvalue weighted by Crippen LogP contribution is -2.47. The third kappa shape index (κ3) is 3.32. The molecule has 2 saturated heterocycles. The van der Waals surface area contributed by atoms with E-state index in [1.54, 1.807) is 12.1 Å². The van der Waals surface area contributed by atoms with E-state index in [0.717, 1.165) is 31.5 Å². The van der Waals surface area contributed by atoms with Gasteiger partial charge < -0.3 is 9.80 Å². The highest BCUT2D eigenvalue weighted by Gasteiger charge is 2.37. The molecule has 2 aliphatic rings. The molecule has 2 heterocycles. The predicted octanol–water partition coefficient (Wildman–Crippen LogP) is 2.84. The molecule has 2 unspecified atom stereocenters. The van der Waals surface area contributed by atoms with Crippen molar-refractivity contribution in [2.45, 2.75) is 50.6 Å². The van der Waals surface area contributed by atoms with Crippen LogP contribution in [-0.2, 0) is 11.2 Å². The normalized spacial score (nSPS) is 25.8. The summed E-state index contributed by atoms with van der Waals surface area (Å²) in [6.07, 6.45) is 5.94. The second-order valence-corrected chi connectivity index (χ2v) is 6.61. The highest BCUT2D eigenvalue weighted by atomic mass is 19.1. The van der Waals surface area contributed by atoms with Crippen molar-refractivity contribution in [3.05, 3.63) is 35.6 Å². The van der Waals surface area contributed by atoms with E-state index in [0.29, 0.717) is 24.9 Å². The molecule has 2 atom stereocenters. The van der Waals surface area contributed by atoms with Gasteiger partial charge in [-0.3, -0.25) is 4.79 Å². The van der Waals surface area contributed by atoms with Crippen LogP contribution in [0.15, 0.2) is 24.3 Å². The molecule has 0 N–H and O–H groups in total. The summed E-state index contributed by atoms with van der Waals surface area (Å²) >= 11 is 0. The van der Waals surface area contributed by atoms with E-state index in [9.17, 15) is 9.18 Å². The molecule has 3 nitrogen and oxygen atoms in total. The Kier molecular flexibility index (Phi) is 4.77. The summed E-state index contributed by atoms with van der Waals surface area (Å²) in [5, 5.41) is 0. The minimum Gasteiger partial charge on any atom is -0.338 e. The molecule has 2 fully saturated rings. The molecule has 1 amide bonds. The molecule has 1 aromatic carbocycles. The van der Waals surface area contributed by atoms with Crippen molar-refractivity contribution < 1.29 is 9.18 Å². The molecule has 120 valence electrons. The Morgan fingerprint density at radius 2 is 1.82 bits per heavy atom. The van der Waals surface area contributed by atoms with Crippen LogP contribution in [0.4, 0.5) is 4.39 Å². The number of amides is 1. The molecular formula is C18H25FN2O. The van der Waals surface area contributed by atoms with E-state index >= 15 is 0 Å². The van der Waals surface area contributed by atoms with Crippen molar-refractivity contribution >= 4 is 5.91 Å². The molecule has 0 bridgehead atoms. The molecule has 2 aliphatic heterocycles. The second kappa shape index (κ2) is 6.78. The minimum atomic E-state index is -0.223. The fraction of sp³-hybridized carbons (Fsp3) is 0.611. The maximum atomic E-state index is 12.9. The first-order valence-corrected chi connectivity index (χ1v) is 8.39. The molecule has 0 aliphatic carbocycles. The summed E-state index contributed by atoms with van der Waals surface area (Å²) in [4.78, 5) is 17.1. The number of carbonyl (C=O) groups is 1. The number of likely N-dealkylation sites (tertiary alicyclic amines) is 2. The lowest BCUT2D eigenvalue weighted by molar-refractivity contribution is -0.132. The zero-order valence-electron chi connectivity index (χ0n) is 13.3. The molecule has 0 aromatic heterocycles. The zero-order valence-corrected chi connectivity index (χ0v) is 13.3. The largest absolute Gasteiger partial charge is 0.338 e. The number of hydrogen-bond donors (Lipinski definition) is 0. The van der Waals surface area contributed by atoms with Crippen LogP contribution >= 0.6 is 0 Å². The summed E-state index contributed by atoms with van der Waals surface area (Å²) in [6, 6.07) is 7.41. The second-order valence-electron chi connectivity index (χ2n) is 6.61. The summed E-state index contributed by atoms with van der Waals surface area (Å²) in [7, 11) is 2.18. The van der Waals surface area contributed by atoms with Gasteiger partial charge in [-0.1, -0.05) is 12.1 Å². The molecule has 0 radical (unpaired) electrons. The first kappa shape index (κ1) is 15.5. The fourth-order valence-corrected chi connectivity index (χ4v) is 3.97. The highest BCUT2D eigenvalue weighted by molar-refractivity contribution is 5.77. The van der Waals surface area contributed by atoms with E-state index in [-0.39, 0.29) is 11.7 Å². The van der Waals surface area contributed by atoms with Gasteiger partial charge in [0.25, 0.3) is 0 Å². The molecular weight excluding hydrogens is 279 g/mol. The van der Waals surface area contributed by atoms with Crippen molar-refractivity contribution in [2.24, 2.45) is 0 Å². The lowest BCUT2D eigenvalue weighted by Gasteiger charge is -2.33. The van der Waals surface area contributed by atoms with Gasteiger partial charge in [0, 0.05) is 25.0 Å². The standard InChI is InChI=1S/C18H25FN2O/c1-20-12-2-4-16(20)17-5-3-13-21(17)18(22)11-8-14-6-9-15(19)10-7-14/h6-7,9-10,16-17H,2-5,8,11-13H2,1H3. The Morgan fingerprint density at radius 1 is 1.14 bits per heavy atom. The van der Waals surface area contributed by atoms with Gasteiger partial charge in [-0.25, -0.2) is 4.39 Å². The van der Waals surface area contributed by atoms with E-state index in [2.05, 4.69) is 16.8 Å². The molecule has 4 heteroatoms. The van der Waals surface area contributed by atoms with Crippen LogP contribution in [0.25, 0.3) is 0 Å². The minimum absolute atomic E-state index is 0.223. The first-order valence-electron chi connectivity index (χ1n) is 8.39. The highest BCUT2D eigenvalue weighted by Crippen LogP contribution is 2.29. The van der Waals surface area contributed by atoms with Crippen LogP contribution in [0.5, 0.6) is 0 Å². The van der Waals surface area contributed by atoms with E-state index in [1.165, 1.54) is 25.0 Å². The lowest BCUT2D eigenvalue weighted by atomic mass is 10.0. The smallest absolute Gasteiger partial charge is 0.223 e. The number of hydrogen-bond acceptors (Lipinski definition) is 2. The average molecular weight is 304 g/mol. The van der Waals surface area contributed by atoms with Gasteiger partial charge in [-0.2, -0.15) is 0 Å². The third-order valence-corrected chi connectivity index (χ3v) is 5.18. The van der Waals surface area contributed by atoms with Crippen molar-refractivity contribution in [1.29, 1.82) is 0 Å². The van der Waals surface area contributed by atoms with Gasteiger partial charge in [-0.15, -0.1) is 0 Å². The molecule has 0 spiro atoms. The van der Waals surface area contributed by atoms with Crippen molar-refractivity contribution in [1.82, 2.24) is 9.80 Å². The predicted molar refractivity (Wildman–Crippen MR) is 85.1 cm³/mol. The molecule has 1 aromatic rings. The van der Waals surface area contributed by atoms with Crippen LogP contribution in [0.1, 0.15) is 37.7 Å². The topological polar surface area (TPSA) is 23.6 Å². The van der Waals surface area contributed by atoms with Crippen LogP contribution in [0.3, 0.4) is 0 Å². The Labute approximate surface area is 132 Å². The summed E-state index contributed by atoms with van der Waals surface area (Å²) in [6.45, 7) is 2.05. The maximum absolute atomic E-state index is 12.9. The van der Waals surface area contributed by atoms with Gasteiger partial charge in [0.2, 0.25) is 5.91 Å². The Bertz CT molecular complexity index is 516. The summed E-state index contributed by atoms with van der Waals surface area (Å²) in [5.41, 5.74) is 1.03. The van der Waals surface area contributed by atoms with Crippen LogP contribution < -0.4 is 0 Å². The van der Waals surface area contributed by atoms with E-state index < -0.39 is 0 Å². The zero-order chi connectivity index (χ0) is 15.5. The third-order valence-electron chi connectivity index (χ3n) is 5.18. The summed E-state index contributed by atoms with van der Waals surface area (Å²) < 4.78 is 12.9. The molecule has 22 heavy (non-hydrogen) atoms. The Morgan fingerprint density at radius 3 is 2.50 bits per heavy atom. The van der Waals surface area contributed by atoms with Gasteiger partial charge in [0.1, 0.15) is 5.82 Å². The Hall–Kier alpha value is -1.42. The van der Waals surface area contributed by atoms with E-state index in [1.807, 2.05) is 0 Å². The van der Waals surface area contributed by atoms with Crippen LogP contribution in [0, 0.1) is 5.82 Å². The fourth-order valence-electron chi connectivity index (χ4n) is 3.97. The number of rotatable bonds is 4. The number of likely N-dealkylation sites (N-methyl/N-ethyl adjacent to an activating group) is 1. The van der Waals surface area contributed by atoms with E-state index in [4.69, 9.17) is 0 Å². The Balaban J connectivity index is 1.57. The SMILES string of the molecule is CN1CCCC1C1CCCN1C(=O)CCc1ccc(F)cc1. The van der Waals surface area contributed by atoms with Crippen LogP contribution in [-0.4, -0.2) is 47.9 Å². The first-order chi connectivity index (χ1) is 10.6. The van der Waals surface area contributed by atoms with Gasteiger partial charge >= 0.3 is 0 Å². The van der Waals surface area contributed by atoms with Crippen molar-refractivity contribution in [2.75, 3.05) is 20.1 Å². The summed E-state index contributed by atoms with van der Waals surface area (Å²) in [5.74, 6) is 0.0334. The number of nitrogens with zero attached hydrogens (tertiary/aromatic N) is 2.